The summed E-state index contributed by atoms with van der Waals surface area (Å²) >= 11 is 11.2. The Labute approximate surface area is 134 Å². The smallest absolute Gasteiger partial charge is 0.169 e. The Morgan fingerprint density at radius 3 is 2.57 bits per heavy atom. The summed E-state index contributed by atoms with van der Waals surface area (Å²) in [7, 11) is 1.61. The number of rotatable bonds is 5. The maximum atomic E-state index is 6.13. The molecule has 5 heteroatoms. The molecule has 0 amide bonds. The molecule has 0 spiro atoms. The lowest BCUT2D eigenvalue weighted by Crippen LogP contribution is -2.11. The number of benzene rings is 2. The van der Waals surface area contributed by atoms with E-state index < -0.39 is 0 Å². The van der Waals surface area contributed by atoms with Crippen LogP contribution in [0.3, 0.4) is 0 Å². The number of halogens is 1. The summed E-state index contributed by atoms with van der Waals surface area (Å²) in [5.41, 5.74) is 7.41. The first-order valence-corrected chi connectivity index (χ1v) is 7.28. The van der Waals surface area contributed by atoms with E-state index in [9.17, 15) is 0 Å². The van der Waals surface area contributed by atoms with Crippen LogP contribution in [0.25, 0.3) is 0 Å². The highest BCUT2D eigenvalue weighted by molar-refractivity contribution is 7.80. The van der Waals surface area contributed by atoms with Crippen LogP contribution < -0.4 is 15.2 Å². The monoisotopic (exact) mass is 321 g/mol. The van der Waals surface area contributed by atoms with Gasteiger partial charge < -0.3 is 15.2 Å². The van der Waals surface area contributed by atoms with Gasteiger partial charge in [-0.15, -0.1) is 0 Å². The maximum Gasteiger partial charge on any atom is 0.169 e. The molecular formula is C16H16ClNO2S. The largest absolute Gasteiger partial charge is 0.493 e. The van der Waals surface area contributed by atoms with Gasteiger partial charge in [0.1, 0.15) is 10.7 Å². The standard InChI is InChI=1S/C16H16ClNO2S/c1-3-10-7-8-12(14(9-10)19-2)20-13-6-4-5-11(17)15(13)16(18)21/h4-9H,3H2,1-2H3,(H2,18,21). The zero-order valence-corrected chi connectivity index (χ0v) is 13.4. The highest BCUT2D eigenvalue weighted by Crippen LogP contribution is 2.35. The predicted octanol–water partition coefficient (Wildman–Crippen LogP) is 4.34. The molecule has 0 aromatic heterocycles. The second kappa shape index (κ2) is 6.78. The van der Waals surface area contributed by atoms with Crippen molar-refractivity contribution < 1.29 is 9.47 Å². The summed E-state index contributed by atoms with van der Waals surface area (Å²) in [6.45, 7) is 2.08. The van der Waals surface area contributed by atoms with Gasteiger partial charge in [-0.1, -0.05) is 42.9 Å². The van der Waals surface area contributed by atoms with Crippen LogP contribution in [0.5, 0.6) is 17.2 Å². The van der Waals surface area contributed by atoms with Crippen molar-refractivity contribution in [2.75, 3.05) is 7.11 Å². The molecule has 0 radical (unpaired) electrons. The third-order valence-corrected chi connectivity index (χ3v) is 3.60. The number of nitrogens with two attached hydrogens (primary N) is 1. The van der Waals surface area contributed by atoms with E-state index in [-0.39, 0.29) is 4.99 Å². The molecule has 0 aliphatic heterocycles. The van der Waals surface area contributed by atoms with Crippen molar-refractivity contribution in [3.8, 4) is 17.2 Å². The Balaban J connectivity index is 2.43. The van der Waals surface area contributed by atoms with Crippen molar-refractivity contribution in [2.45, 2.75) is 13.3 Å². The van der Waals surface area contributed by atoms with Crippen molar-refractivity contribution in [3.63, 3.8) is 0 Å². The third kappa shape index (κ3) is 3.46. The van der Waals surface area contributed by atoms with Crippen LogP contribution in [0.2, 0.25) is 5.02 Å². The van der Waals surface area contributed by atoms with E-state index in [1.165, 1.54) is 5.56 Å². The van der Waals surface area contributed by atoms with Crippen LogP contribution >= 0.6 is 23.8 Å². The van der Waals surface area contributed by atoms with Gasteiger partial charge >= 0.3 is 0 Å². The van der Waals surface area contributed by atoms with Crippen LogP contribution in [-0.4, -0.2) is 12.1 Å². The van der Waals surface area contributed by atoms with Gasteiger partial charge in [0, 0.05) is 0 Å². The Bertz CT molecular complexity index is 673. The molecule has 2 N–H and O–H groups in total. The first kappa shape index (κ1) is 15.6. The SMILES string of the molecule is CCc1ccc(Oc2cccc(Cl)c2C(N)=S)c(OC)c1. The van der Waals surface area contributed by atoms with Crippen LogP contribution in [0, 0.1) is 0 Å². The molecule has 0 saturated carbocycles. The molecule has 2 rings (SSSR count). The molecular weight excluding hydrogens is 306 g/mol. The lowest BCUT2D eigenvalue weighted by Gasteiger charge is -2.14. The maximum absolute atomic E-state index is 6.13. The number of thiocarbonyl (C=S) groups is 1. The Hall–Kier alpha value is -1.78. The lowest BCUT2D eigenvalue weighted by atomic mass is 10.1. The molecule has 0 saturated heterocycles. The number of hydrogen-bond acceptors (Lipinski definition) is 3. The summed E-state index contributed by atoms with van der Waals surface area (Å²) in [6, 6.07) is 11.1. The second-order valence-corrected chi connectivity index (χ2v) is 5.27. The van der Waals surface area contributed by atoms with Gasteiger partial charge in [0.15, 0.2) is 11.5 Å². The van der Waals surface area contributed by atoms with Crippen molar-refractivity contribution in [1.29, 1.82) is 0 Å². The van der Waals surface area contributed by atoms with Crippen LogP contribution in [0.15, 0.2) is 36.4 Å². The molecule has 0 bridgehead atoms. The van der Waals surface area contributed by atoms with Gasteiger partial charge in [-0.05, 0) is 36.2 Å². The molecule has 110 valence electrons. The average molecular weight is 322 g/mol. The number of ether oxygens (including phenoxy) is 2. The fourth-order valence-electron chi connectivity index (χ4n) is 1.96. The van der Waals surface area contributed by atoms with Gasteiger partial charge in [-0.3, -0.25) is 0 Å². The predicted molar refractivity (Wildman–Crippen MR) is 89.8 cm³/mol. The first-order chi connectivity index (χ1) is 10.1. The highest BCUT2D eigenvalue weighted by Gasteiger charge is 2.14. The van der Waals surface area contributed by atoms with E-state index in [0.29, 0.717) is 27.8 Å². The normalized spacial score (nSPS) is 10.2. The Morgan fingerprint density at radius 2 is 1.95 bits per heavy atom. The summed E-state index contributed by atoms with van der Waals surface area (Å²) < 4.78 is 11.3. The quantitative estimate of drug-likeness (QED) is 0.832. The zero-order chi connectivity index (χ0) is 15.4. The second-order valence-electron chi connectivity index (χ2n) is 4.42. The number of hydrogen-bond donors (Lipinski definition) is 1. The molecule has 0 aliphatic rings. The lowest BCUT2D eigenvalue weighted by molar-refractivity contribution is 0.378. The van der Waals surface area contributed by atoms with E-state index in [2.05, 4.69) is 6.92 Å². The van der Waals surface area contributed by atoms with E-state index in [1.807, 2.05) is 18.2 Å². The van der Waals surface area contributed by atoms with Crippen LogP contribution in [0.1, 0.15) is 18.1 Å². The van der Waals surface area contributed by atoms with Gasteiger partial charge in [0.25, 0.3) is 0 Å². The van der Waals surface area contributed by atoms with E-state index in [4.69, 9.17) is 39.0 Å². The Morgan fingerprint density at radius 1 is 1.19 bits per heavy atom. The fraction of sp³-hybridized carbons (Fsp3) is 0.188. The van der Waals surface area contributed by atoms with Crippen molar-refractivity contribution in [3.05, 3.63) is 52.5 Å². The molecule has 21 heavy (non-hydrogen) atoms. The number of methoxy groups -OCH3 is 1. The molecule has 0 unspecified atom stereocenters. The molecule has 3 nitrogen and oxygen atoms in total. The third-order valence-electron chi connectivity index (χ3n) is 3.08. The highest BCUT2D eigenvalue weighted by atomic mass is 35.5. The van der Waals surface area contributed by atoms with Crippen molar-refractivity contribution in [1.82, 2.24) is 0 Å². The molecule has 0 aliphatic carbocycles. The summed E-state index contributed by atoms with van der Waals surface area (Å²) in [5, 5.41) is 0.462. The molecule has 2 aromatic rings. The summed E-state index contributed by atoms with van der Waals surface area (Å²) in [5.74, 6) is 1.76. The van der Waals surface area contributed by atoms with Crippen LogP contribution in [-0.2, 0) is 6.42 Å². The molecule has 0 atom stereocenters. The summed E-state index contributed by atoms with van der Waals surface area (Å²) in [4.78, 5) is 0.194. The van der Waals surface area contributed by atoms with Gasteiger partial charge in [0.05, 0.1) is 17.7 Å². The molecule has 0 fully saturated rings. The van der Waals surface area contributed by atoms with Crippen LogP contribution in [0.4, 0.5) is 0 Å². The minimum Gasteiger partial charge on any atom is -0.493 e. The number of aryl methyl sites for hydroxylation is 1. The average Bonchev–Trinajstić information content (AvgIpc) is 2.47. The fourth-order valence-corrected chi connectivity index (χ4v) is 2.50. The molecule has 2 aromatic carbocycles. The van der Waals surface area contributed by atoms with E-state index in [1.54, 1.807) is 25.3 Å². The van der Waals surface area contributed by atoms with Gasteiger partial charge in [-0.2, -0.15) is 0 Å². The minimum absolute atomic E-state index is 0.194. The van der Waals surface area contributed by atoms with E-state index >= 15 is 0 Å². The summed E-state index contributed by atoms with van der Waals surface area (Å²) in [6.07, 6.45) is 0.923. The molecule has 0 heterocycles. The first-order valence-electron chi connectivity index (χ1n) is 6.50. The topological polar surface area (TPSA) is 44.5 Å². The Kier molecular flexibility index (Phi) is 5.04. The van der Waals surface area contributed by atoms with Crippen molar-refractivity contribution >= 4 is 28.8 Å². The zero-order valence-electron chi connectivity index (χ0n) is 11.9. The minimum atomic E-state index is 0.194. The van der Waals surface area contributed by atoms with Gasteiger partial charge in [-0.25, -0.2) is 0 Å². The van der Waals surface area contributed by atoms with E-state index in [0.717, 1.165) is 6.42 Å². The van der Waals surface area contributed by atoms with Gasteiger partial charge in [0.2, 0.25) is 0 Å². The van der Waals surface area contributed by atoms with Crippen molar-refractivity contribution in [2.24, 2.45) is 5.73 Å².